The van der Waals surface area contributed by atoms with Crippen molar-refractivity contribution in [1.82, 2.24) is 30.2 Å². The normalized spacial score (nSPS) is 24.1. The topological polar surface area (TPSA) is 50.8 Å². The fraction of sp³-hybridized carbons (Fsp3) is 0.526. The number of hydrogen-bond donors (Lipinski definition) is 1. The molecule has 2 aromatic rings. The summed E-state index contributed by atoms with van der Waals surface area (Å²) in [6.07, 6.45) is 22.9. The van der Waals surface area contributed by atoms with Gasteiger partial charge in [0, 0.05) is 74.4 Å². The van der Waals surface area contributed by atoms with Gasteiger partial charge in [0.05, 0.1) is 6.04 Å². The summed E-state index contributed by atoms with van der Waals surface area (Å²) >= 11 is 0. The van der Waals surface area contributed by atoms with E-state index in [1.807, 2.05) is 25.6 Å². The maximum Gasteiger partial charge on any atom is 0.115 e. The number of benzene rings is 1. The van der Waals surface area contributed by atoms with Gasteiger partial charge >= 0.3 is 0 Å². The third-order valence-electron chi connectivity index (χ3n) is 10.5. The minimum Gasteiger partial charge on any atom is -0.368 e. The van der Waals surface area contributed by atoms with Crippen molar-refractivity contribution in [2.45, 2.75) is 75.9 Å². The molecule has 1 N–H and O–H groups in total. The zero-order valence-electron chi connectivity index (χ0n) is 28.7. The molecule has 1 saturated carbocycles. The van der Waals surface area contributed by atoms with Crippen LogP contribution in [0.25, 0.3) is 0 Å². The number of rotatable bonds is 15. The standard InChI is InChI=1S/C38H56N7P/c1-7-30(3)46-31(4)45(8-2)37-17-15-36(16-18-37)44-23-21-43(22-24-44)35-13-11-32(12-14-35)9-10-33-19-20-38(25-33,28-42(6)39-5)34-26-40-29-41-27-34/h8,11-17,26-27,29-30,33,37,39,46H,2,4,7,9-10,18-25,28H2,1,3,5-6H3. The molecule has 2 aliphatic carbocycles. The summed E-state index contributed by atoms with van der Waals surface area (Å²) in [5.41, 5.74) is 10.7. The number of hydrogen-bond acceptors (Lipinski definition) is 7. The van der Waals surface area contributed by atoms with Crippen LogP contribution in [-0.4, -0.2) is 83.3 Å². The third kappa shape index (κ3) is 8.48. The largest absolute Gasteiger partial charge is 0.368 e. The number of aryl methyl sites for hydroxylation is 1. The molecule has 248 valence electrons. The lowest BCUT2D eigenvalue weighted by Gasteiger charge is -2.39. The van der Waals surface area contributed by atoms with Crippen LogP contribution in [0.4, 0.5) is 5.69 Å². The molecule has 5 atom stereocenters. The molecule has 0 spiro atoms. The molecule has 1 saturated heterocycles. The highest BCUT2D eigenvalue weighted by Crippen LogP contribution is 2.46. The van der Waals surface area contributed by atoms with Gasteiger partial charge < -0.3 is 14.7 Å². The number of nitrogens with one attached hydrogen (secondary N) is 1. The van der Waals surface area contributed by atoms with Gasteiger partial charge in [0.25, 0.3) is 0 Å². The zero-order valence-corrected chi connectivity index (χ0v) is 29.7. The first-order valence-electron chi connectivity index (χ1n) is 17.3. The van der Waals surface area contributed by atoms with E-state index in [0.717, 1.165) is 60.1 Å². The van der Waals surface area contributed by atoms with Crippen LogP contribution < -0.4 is 10.3 Å². The number of piperazine rings is 1. The average molecular weight is 642 g/mol. The van der Waals surface area contributed by atoms with Crippen LogP contribution in [0.5, 0.6) is 0 Å². The minimum atomic E-state index is 0.120. The van der Waals surface area contributed by atoms with Crippen molar-refractivity contribution in [3.8, 4) is 0 Å². The Morgan fingerprint density at radius 1 is 1.15 bits per heavy atom. The van der Waals surface area contributed by atoms with Gasteiger partial charge in [-0.2, -0.15) is 0 Å². The predicted octanol–water partition coefficient (Wildman–Crippen LogP) is 6.94. The Kier molecular flexibility index (Phi) is 12.1. The predicted molar refractivity (Wildman–Crippen MR) is 196 cm³/mol. The average Bonchev–Trinajstić information content (AvgIpc) is 3.52. The van der Waals surface area contributed by atoms with Crippen LogP contribution in [-0.2, 0) is 11.8 Å². The number of likely N-dealkylation sites (N-methyl/N-ethyl adjacent to an activating group) is 1. The van der Waals surface area contributed by atoms with Crippen LogP contribution in [0.1, 0.15) is 63.5 Å². The molecule has 2 heterocycles. The first-order chi connectivity index (χ1) is 22.3. The second kappa shape index (κ2) is 16.2. The van der Waals surface area contributed by atoms with Crippen LogP contribution >= 0.6 is 8.58 Å². The van der Waals surface area contributed by atoms with Gasteiger partial charge in [-0.1, -0.05) is 59.9 Å². The molecule has 8 heteroatoms. The molecular formula is C38H56N7P. The van der Waals surface area contributed by atoms with Crippen molar-refractivity contribution < 1.29 is 0 Å². The van der Waals surface area contributed by atoms with Crippen molar-refractivity contribution >= 4 is 14.3 Å². The first-order valence-corrected chi connectivity index (χ1v) is 18.4. The Morgan fingerprint density at radius 3 is 2.50 bits per heavy atom. The minimum absolute atomic E-state index is 0.120. The zero-order chi connectivity index (χ0) is 32.5. The fourth-order valence-corrected chi connectivity index (χ4v) is 8.68. The molecule has 3 aliphatic rings. The Bertz CT molecular complexity index is 1330. The van der Waals surface area contributed by atoms with Gasteiger partial charge in [-0.05, 0) is 99.1 Å². The summed E-state index contributed by atoms with van der Waals surface area (Å²) in [4.78, 5) is 16.1. The summed E-state index contributed by atoms with van der Waals surface area (Å²) in [6.45, 7) is 18.2. The SMILES string of the molecule is C=CN(C(=C)PC(C)CC)C1C=CC(N2CCN(c3ccc(CCC4CCC(CN(C)NC)(c5cncnc5)C4)cc3)CC2)=CC1. The molecule has 1 aliphatic heterocycles. The second-order valence-electron chi connectivity index (χ2n) is 13.6. The van der Waals surface area contributed by atoms with Crippen LogP contribution in [0.3, 0.4) is 0 Å². The van der Waals surface area contributed by atoms with E-state index in [2.05, 4.69) is 112 Å². The van der Waals surface area contributed by atoms with Gasteiger partial charge in [0.2, 0.25) is 0 Å². The van der Waals surface area contributed by atoms with Crippen molar-refractivity contribution in [3.63, 3.8) is 0 Å². The van der Waals surface area contributed by atoms with E-state index in [0.29, 0.717) is 11.7 Å². The van der Waals surface area contributed by atoms with Crippen molar-refractivity contribution in [2.24, 2.45) is 5.92 Å². The molecule has 5 unspecified atom stereocenters. The van der Waals surface area contributed by atoms with Gasteiger partial charge in [-0.3, -0.25) is 5.43 Å². The number of aromatic nitrogens is 2. The Hall–Kier alpha value is -2.99. The highest BCUT2D eigenvalue weighted by atomic mass is 31.1. The Labute approximate surface area is 280 Å². The molecular weight excluding hydrogens is 585 g/mol. The molecule has 5 rings (SSSR count). The van der Waals surface area contributed by atoms with Gasteiger partial charge in [0.1, 0.15) is 6.33 Å². The first kappa shape index (κ1) is 34.3. The van der Waals surface area contributed by atoms with Crippen molar-refractivity contribution in [1.29, 1.82) is 0 Å². The molecule has 2 fully saturated rings. The highest BCUT2D eigenvalue weighted by molar-refractivity contribution is 7.43. The van der Waals surface area contributed by atoms with Crippen LogP contribution in [0.15, 0.2) is 91.7 Å². The maximum absolute atomic E-state index is 4.38. The second-order valence-corrected chi connectivity index (χ2v) is 15.4. The number of hydrazine groups is 1. The lowest BCUT2D eigenvalue weighted by molar-refractivity contribution is 0.190. The quantitative estimate of drug-likeness (QED) is 0.167. The van der Waals surface area contributed by atoms with Crippen molar-refractivity contribution in [2.75, 3.05) is 51.7 Å². The maximum atomic E-state index is 4.38. The van der Waals surface area contributed by atoms with E-state index in [-0.39, 0.29) is 5.41 Å². The molecule has 0 radical (unpaired) electrons. The summed E-state index contributed by atoms with van der Waals surface area (Å²) in [7, 11) is 4.87. The van der Waals surface area contributed by atoms with E-state index in [4.69, 9.17) is 0 Å². The lowest BCUT2D eigenvalue weighted by Crippen LogP contribution is -2.46. The molecule has 7 nitrogen and oxygen atoms in total. The molecule has 1 aromatic heterocycles. The summed E-state index contributed by atoms with van der Waals surface area (Å²) < 4.78 is 0. The van der Waals surface area contributed by atoms with E-state index in [1.54, 1.807) is 6.33 Å². The summed E-state index contributed by atoms with van der Waals surface area (Å²) in [5.74, 6) is 0.723. The number of allylic oxidation sites excluding steroid dienone is 1. The Morgan fingerprint density at radius 2 is 1.87 bits per heavy atom. The lowest BCUT2D eigenvalue weighted by atomic mass is 9.79. The van der Waals surface area contributed by atoms with E-state index >= 15 is 0 Å². The summed E-state index contributed by atoms with van der Waals surface area (Å²) in [6, 6.07) is 9.72. The van der Waals surface area contributed by atoms with Gasteiger partial charge in [-0.15, -0.1) is 0 Å². The van der Waals surface area contributed by atoms with Crippen molar-refractivity contribution in [3.05, 3.63) is 103 Å². The van der Waals surface area contributed by atoms with E-state index in [9.17, 15) is 0 Å². The van der Waals surface area contributed by atoms with Gasteiger partial charge in [0.15, 0.2) is 0 Å². The highest BCUT2D eigenvalue weighted by Gasteiger charge is 2.41. The number of anilines is 1. The molecule has 0 amide bonds. The monoisotopic (exact) mass is 641 g/mol. The van der Waals surface area contributed by atoms with Crippen LogP contribution in [0, 0.1) is 5.92 Å². The van der Waals surface area contributed by atoms with E-state index < -0.39 is 0 Å². The molecule has 0 bridgehead atoms. The fourth-order valence-electron chi connectivity index (χ4n) is 7.50. The summed E-state index contributed by atoms with van der Waals surface area (Å²) in [5, 5.41) is 2.21. The molecule has 46 heavy (non-hydrogen) atoms. The number of nitrogens with zero attached hydrogens (tertiary/aromatic N) is 6. The molecule has 1 aromatic carbocycles. The third-order valence-corrected chi connectivity index (χ3v) is 12.0. The van der Waals surface area contributed by atoms with Gasteiger partial charge in [-0.25, -0.2) is 15.0 Å². The van der Waals surface area contributed by atoms with E-state index in [1.165, 1.54) is 60.1 Å². The smallest absolute Gasteiger partial charge is 0.115 e. The van der Waals surface area contributed by atoms with Crippen LogP contribution in [0.2, 0.25) is 0 Å². The Balaban J connectivity index is 1.08.